The molecule has 0 unspecified atom stereocenters. The topological polar surface area (TPSA) is 41.6 Å². The van der Waals surface area contributed by atoms with Crippen LogP contribution in [0.3, 0.4) is 0 Å². The Bertz CT molecular complexity index is 480. The highest BCUT2D eigenvalue weighted by Gasteiger charge is 2.23. The van der Waals surface area contributed by atoms with Crippen LogP contribution in [-0.2, 0) is 11.2 Å². The summed E-state index contributed by atoms with van der Waals surface area (Å²) in [7, 11) is 1.99. The number of benzene rings is 1. The molecule has 1 amide bonds. The summed E-state index contributed by atoms with van der Waals surface area (Å²) in [6.45, 7) is 6.81. The van der Waals surface area contributed by atoms with E-state index in [0.717, 1.165) is 43.8 Å². The van der Waals surface area contributed by atoms with E-state index < -0.39 is 0 Å². The zero-order valence-electron chi connectivity index (χ0n) is 14.0. The lowest BCUT2D eigenvalue weighted by Crippen LogP contribution is -2.41. The Morgan fingerprint density at radius 1 is 1.32 bits per heavy atom. The predicted molar refractivity (Wildman–Crippen MR) is 89.1 cm³/mol. The number of para-hydroxylation sites is 1. The van der Waals surface area contributed by atoms with Crippen molar-refractivity contribution < 1.29 is 9.53 Å². The molecule has 1 heterocycles. The van der Waals surface area contributed by atoms with E-state index >= 15 is 0 Å². The van der Waals surface area contributed by atoms with Gasteiger partial charge in [-0.2, -0.15) is 0 Å². The van der Waals surface area contributed by atoms with Gasteiger partial charge in [-0.1, -0.05) is 18.2 Å². The summed E-state index contributed by atoms with van der Waals surface area (Å²) in [5.41, 5.74) is 0.985. The van der Waals surface area contributed by atoms with Crippen molar-refractivity contribution in [3.63, 3.8) is 0 Å². The molecule has 1 aliphatic rings. The summed E-state index contributed by atoms with van der Waals surface area (Å²) in [5.74, 6) is 1.74. The van der Waals surface area contributed by atoms with Gasteiger partial charge in [-0.05, 0) is 52.3 Å². The van der Waals surface area contributed by atoms with Crippen molar-refractivity contribution in [2.75, 3.05) is 26.7 Å². The normalized spacial score (nSPS) is 16.1. The Balaban J connectivity index is 1.92. The number of nitrogens with one attached hydrogen (secondary N) is 1. The van der Waals surface area contributed by atoms with Gasteiger partial charge in [-0.25, -0.2) is 0 Å². The van der Waals surface area contributed by atoms with Gasteiger partial charge in [0.15, 0.2) is 0 Å². The van der Waals surface area contributed by atoms with Crippen LogP contribution in [0.2, 0.25) is 0 Å². The number of carbonyl (C=O) groups is 1. The first-order chi connectivity index (χ1) is 10.6. The van der Waals surface area contributed by atoms with Crippen molar-refractivity contribution in [2.45, 2.75) is 39.2 Å². The number of likely N-dealkylation sites (tertiary alicyclic amines) is 1. The van der Waals surface area contributed by atoms with E-state index in [-0.39, 0.29) is 12.0 Å². The fraction of sp³-hybridized carbons (Fsp3) is 0.611. The minimum Gasteiger partial charge on any atom is -0.491 e. The maximum atomic E-state index is 12.5. The predicted octanol–water partition coefficient (Wildman–Crippen LogP) is 2.47. The smallest absolute Gasteiger partial charge is 0.227 e. The number of nitrogens with zero attached hydrogens (tertiary/aromatic N) is 1. The first-order valence-corrected chi connectivity index (χ1v) is 8.27. The quantitative estimate of drug-likeness (QED) is 0.878. The van der Waals surface area contributed by atoms with Crippen LogP contribution in [0.5, 0.6) is 5.75 Å². The molecule has 4 heteroatoms. The van der Waals surface area contributed by atoms with Gasteiger partial charge in [0.05, 0.1) is 12.5 Å². The highest BCUT2D eigenvalue weighted by atomic mass is 16.5. The third-order valence-corrected chi connectivity index (χ3v) is 4.14. The Morgan fingerprint density at radius 2 is 2.00 bits per heavy atom. The standard InChI is InChI=1S/C18H28N2O2/c1-14(2)22-17-7-5-4-6-16(17)12-18(21)20-10-8-15(9-11-20)13-19-3/h4-7,14-15,19H,8-13H2,1-3H3. The van der Waals surface area contributed by atoms with Crippen LogP contribution in [0.25, 0.3) is 0 Å². The molecular weight excluding hydrogens is 276 g/mol. The molecule has 4 nitrogen and oxygen atoms in total. The molecule has 0 bridgehead atoms. The van der Waals surface area contributed by atoms with Crippen molar-refractivity contribution >= 4 is 5.91 Å². The second kappa shape index (κ2) is 8.18. The lowest BCUT2D eigenvalue weighted by atomic mass is 9.96. The van der Waals surface area contributed by atoms with Crippen molar-refractivity contribution in [3.05, 3.63) is 29.8 Å². The molecular formula is C18H28N2O2. The van der Waals surface area contributed by atoms with Crippen LogP contribution >= 0.6 is 0 Å². The van der Waals surface area contributed by atoms with Crippen LogP contribution in [0.15, 0.2) is 24.3 Å². The minimum atomic E-state index is 0.119. The molecule has 2 rings (SSSR count). The van der Waals surface area contributed by atoms with E-state index in [1.54, 1.807) is 0 Å². The molecule has 122 valence electrons. The van der Waals surface area contributed by atoms with Crippen molar-refractivity contribution in [1.82, 2.24) is 10.2 Å². The van der Waals surface area contributed by atoms with Crippen LogP contribution < -0.4 is 10.1 Å². The third kappa shape index (κ3) is 4.73. The highest BCUT2D eigenvalue weighted by molar-refractivity contribution is 5.79. The third-order valence-electron chi connectivity index (χ3n) is 4.14. The molecule has 0 aliphatic carbocycles. The van der Waals surface area contributed by atoms with Crippen LogP contribution in [0.4, 0.5) is 0 Å². The van der Waals surface area contributed by atoms with E-state index in [1.807, 2.05) is 50.1 Å². The van der Waals surface area contributed by atoms with Gasteiger partial charge < -0.3 is 15.0 Å². The molecule has 0 spiro atoms. The highest BCUT2D eigenvalue weighted by Crippen LogP contribution is 2.22. The van der Waals surface area contributed by atoms with E-state index in [9.17, 15) is 4.79 Å². The summed E-state index contributed by atoms with van der Waals surface area (Å²) in [5, 5.41) is 3.23. The number of hydrogen-bond acceptors (Lipinski definition) is 3. The maximum absolute atomic E-state index is 12.5. The van der Waals surface area contributed by atoms with Gasteiger partial charge >= 0.3 is 0 Å². The molecule has 0 radical (unpaired) electrons. The zero-order valence-corrected chi connectivity index (χ0v) is 14.0. The lowest BCUT2D eigenvalue weighted by Gasteiger charge is -2.32. The summed E-state index contributed by atoms with van der Waals surface area (Å²) < 4.78 is 5.80. The van der Waals surface area contributed by atoms with E-state index in [4.69, 9.17) is 4.74 Å². The molecule has 1 fully saturated rings. The summed E-state index contributed by atoms with van der Waals surface area (Å²) in [6, 6.07) is 7.86. The van der Waals surface area contributed by atoms with E-state index in [1.165, 1.54) is 0 Å². The second-order valence-corrected chi connectivity index (χ2v) is 6.33. The number of amides is 1. The molecule has 1 aromatic rings. The second-order valence-electron chi connectivity index (χ2n) is 6.33. The summed E-state index contributed by atoms with van der Waals surface area (Å²) >= 11 is 0. The van der Waals surface area contributed by atoms with E-state index in [0.29, 0.717) is 12.3 Å². The Labute approximate surface area is 133 Å². The van der Waals surface area contributed by atoms with Gasteiger partial charge in [0.25, 0.3) is 0 Å². The van der Waals surface area contributed by atoms with Crippen molar-refractivity contribution in [3.8, 4) is 5.75 Å². The molecule has 0 aromatic heterocycles. The molecule has 0 atom stereocenters. The lowest BCUT2D eigenvalue weighted by molar-refractivity contribution is -0.131. The number of carbonyl (C=O) groups excluding carboxylic acids is 1. The molecule has 1 aromatic carbocycles. The van der Waals surface area contributed by atoms with Crippen LogP contribution in [-0.4, -0.2) is 43.6 Å². The van der Waals surface area contributed by atoms with E-state index in [2.05, 4.69) is 5.32 Å². The number of piperidine rings is 1. The SMILES string of the molecule is CNCC1CCN(C(=O)Cc2ccccc2OC(C)C)CC1. The fourth-order valence-electron chi connectivity index (χ4n) is 2.97. The summed E-state index contributed by atoms with van der Waals surface area (Å²) in [6.07, 6.45) is 2.74. The minimum absolute atomic E-state index is 0.119. The first-order valence-electron chi connectivity index (χ1n) is 8.27. The Kier molecular flexibility index (Phi) is 6.25. The number of ether oxygens (including phenoxy) is 1. The van der Waals surface area contributed by atoms with Gasteiger partial charge in [0.2, 0.25) is 5.91 Å². The first kappa shape index (κ1) is 16.8. The van der Waals surface area contributed by atoms with Crippen molar-refractivity contribution in [2.24, 2.45) is 5.92 Å². The molecule has 22 heavy (non-hydrogen) atoms. The average Bonchev–Trinajstić information content (AvgIpc) is 2.50. The molecule has 1 N–H and O–H groups in total. The number of hydrogen-bond donors (Lipinski definition) is 1. The van der Waals surface area contributed by atoms with Crippen LogP contribution in [0.1, 0.15) is 32.3 Å². The maximum Gasteiger partial charge on any atom is 0.227 e. The molecule has 1 aliphatic heterocycles. The van der Waals surface area contributed by atoms with Gasteiger partial charge in [0, 0.05) is 18.7 Å². The fourth-order valence-corrected chi connectivity index (χ4v) is 2.97. The van der Waals surface area contributed by atoms with Gasteiger partial charge in [0.1, 0.15) is 5.75 Å². The monoisotopic (exact) mass is 304 g/mol. The van der Waals surface area contributed by atoms with Crippen LogP contribution in [0, 0.1) is 5.92 Å². The Hall–Kier alpha value is -1.55. The largest absolute Gasteiger partial charge is 0.491 e. The van der Waals surface area contributed by atoms with Gasteiger partial charge in [-0.15, -0.1) is 0 Å². The molecule has 0 saturated carbocycles. The zero-order chi connectivity index (χ0) is 15.9. The average molecular weight is 304 g/mol. The number of rotatable bonds is 6. The molecule has 1 saturated heterocycles. The van der Waals surface area contributed by atoms with Gasteiger partial charge in [-0.3, -0.25) is 4.79 Å². The Morgan fingerprint density at radius 3 is 2.64 bits per heavy atom. The van der Waals surface area contributed by atoms with Crippen molar-refractivity contribution in [1.29, 1.82) is 0 Å². The summed E-state index contributed by atoms with van der Waals surface area (Å²) in [4.78, 5) is 14.5.